The molecule has 1 aromatic heterocycles. The molecular formula is C21H30N4O2S. The molecule has 0 aliphatic carbocycles. The van der Waals surface area contributed by atoms with Gasteiger partial charge in [-0.25, -0.2) is 4.68 Å². The van der Waals surface area contributed by atoms with E-state index in [1.54, 1.807) is 6.20 Å². The Morgan fingerprint density at radius 2 is 2.04 bits per heavy atom. The number of para-hydroxylation sites is 1. The number of piperidine rings is 1. The number of rotatable bonds is 10. The van der Waals surface area contributed by atoms with Gasteiger partial charge in [0.05, 0.1) is 25.3 Å². The molecule has 0 bridgehead atoms. The minimum absolute atomic E-state index is 0.0489. The summed E-state index contributed by atoms with van der Waals surface area (Å²) < 4.78 is 7.59. The van der Waals surface area contributed by atoms with Gasteiger partial charge in [0, 0.05) is 19.2 Å². The number of benzene rings is 1. The second kappa shape index (κ2) is 11.1. The Hall–Kier alpha value is -1.99. The molecule has 6 nitrogen and oxygen atoms in total. The van der Waals surface area contributed by atoms with E-state index in [0.29, 0.717) is 19.1 Å². The molecule has 0 saturated carbocycles. The maximum absolute atomic E-state index is 12.3. The Morgan fingerprint density at radius 3 is 2.79 bits per heavy atom. The highest BCUT2D eigenvalue weighted by Gasteiger charge is 2.22. The van der Waals surface area contributed by atoms with Gasteiger partial charge in [0.25, 0.3) is 0 Å². The summed E-state index contributed by atoms with van der Waals surface area (Å²) in [5.74, 6) is 2.74. The predicted octanol–water partition coefficient (Wildman–Crippen LogP) is 3.68. The average molecular weight is 403 g/mol. The molecule has 1 aliphatic rings. The van der Waals surface area contributed by atoms with Crippen LogP contribution in [0.3, 0.4) is 0 Å². The van der Waals surface area contributed by atoms with Crippen LogP contribution in [0.2, 0.25) is 0 Å². The highest BCUT2D eigenvalue weighted by atomic mass is 32.2. The molecule has 7 heteroatoms. The van der Waals surface area contributed by atoms with Crippen molar-refractivity contribution in [2.24, 2.45) is 0 Å². The number of ether oxygens (including phenoxy) is 1. The fraction of sp³-hybridized carbons (Fsp3) is 0.524. The Morgan fingerprint density at radius 1 is 1.25 bits per heavy atom. The van der Waals surface area contributed by atoms with E-state index in [1.165, 1.54) is 18.7 Å². The zero-order chi connectivity index (χ0) is 19.6. The van der Waals surface area contributed by atoms with Gasteiger partial charge in [0.1, 0.15) is 11.6 Å². The number of carbonyl (C=O) groups is 1. The standard InChI is InChI=1S/C21H30N4O2S/c1-28-17-5-13-24-14-9-18(10-15-24)25-20(8-12-22-25)23-21(26)11-16-27-19-6-3-2-4-7-19/h2-4,6-8,12,18H,5,9-11,13-17H2,1H3,(H,23,26). The first-order valence-corrected chi connectivity index (χ1v) is 11.4. The van der Waals surface area contributed by atoms with E-state index >= 15 is 0 Å². The summed E-state index contributed by atoms with van der Waals surface area (Å²) in [6.45, 7) is 3.73. The number of likely N-dealkylation sites (tertiary alicyclic amines) is 1. The van der Waals surface area contributed by atoms with Crippen molar-refractivity contribution in [3.63, 3.8) is 0 Å². The van der Waals surface area contributed by atoms with Crippen LogP contribution in [0.1, 0.15) is 31.7 Å². The van der Waals surface area contributed by atoms with Crippen LogP contribution in [-0.4, -0.2) is 58.8 Å². The Bertz CT molecular complexity index is 714. The van der Waals surface area contributed by atoms with E-state index in [4.69, 9.17) is 4.74 Å². The molecule has 1 fully saturated rings. The molecule has 2 heterocycles. The van der Waals surface area contributed by atoms with Crippen molar-refractivity contribution in [2.45, 2.75) is 31.7 Å². The molecule has 152 valence electrons. The minimum Gasteiger partial charge on any atom is -0.493 e. The van der Waals surface area contributed by atoms with Gasteiger partial charge in [-0.1, -0.05) is 18.2 Å². The quantitative estimate of drug-likeness (QED) is 0.615. The van der Waals surface area contributed by atoms with E-state index in [0.717, 1.165) is 37.5 Å². The van der Waals surface area contributed by atoms with Crippen LogP contribution >= 0.6 is 11.8 Å². The molecule has 1 aromatic carbocycles. The second-order valence-corrected chi connectivity index (χ2v) is 8.03. The molecule has 28 heavy (non-hydrogen) atoms. The van der Waals surface area contributed by atoms with Crippen molar-refractivity contribution in [1.29, 1.82) is 0 Å². The third-order valence-electron chi connectivity index (χ3n) is 5.00. The average Bonchev–Trinajstić information content (AvgIpc) is 3.17. The van der Waals surface area contributed by atoms with Crippen LogP contribution < -0.4 is 10.1 Å². The van der Waals surface area contributed by atoms with Crippen LogP contribution in [0.15, 0.2) is 42.6 Å². The molecule has 2 aromatic rings. The number of amides is 1. The van der Waals surface area contributed by atoms with Gasteiger partial charge in [0.2, 0.25) is 5.91 Å². The summed E-state index contributed by atoms with van der Waals surface area (Å²) in [4.78, 5) is 14.8. The Labute approximate surface area is 171 Å². The van der Waals surface area contributed by atoms with Gasteiger partial charge < -0.3 is 15.0 Å². The molecule has 3 rings (SSSR count). The minimum atomic E-state index is -0.0489. The maximum Gasteiger partial charge on any atom is 0.228 e. The largest absolute Gasteiger partial charge is 0.493 e. The first-order chi connectivity index (χ1) is 13.8. The van der Waals surface area contributed by atoms with Crippen LogP contribution in [0.5, 0.6) is 5.75 Å². The summed E-state index contributed by atoms with van der Waals surface area (Å²) >= 11 is 1.91. The van der Waals surface area contributed by atoms with Crippen molar-refractivity contribution >= 4 is 23.5 Å². The highest BCUT2D eigenvalue weighted by Crippen LogP contribution is 2.25. The molecule has 1 N–H and O–H groups in total. The number of carbonyl (C=O) groups excluding carboxylic acids is 1. The smallest absolute Gasteiger partial charge is 0.228 e. The van der Waals surface area contributed by atoms with Crippen molar-refractivity contribution < 1.29 is 9.53 Å². The van der Waals surface area contributed by atoms with E-state index in [-0.39, 0.29) is 5.91 Å². The molecule has 0 unspecified atom stereocenters. The summed E-state index contributed by atoms with van der Waals surface area (Å²) in [6, 6.07) is 11.8. The van der Waals surface area contributed by atoms with Gasteiger partial charge in [-0.05, 0) is 49.9 Å². The van der Waals surface area contributed by atoms with Crippen molar-refractivity contribution in [3.8, 4) is 5.75 Å². The summed E-state index contributed by atoms with van der Waals surface area (Å²) in [6.07, 6.45) is 7.63. The fourth-order valence-electron chi connectivity index (χ4n) is 3.51. The third kappa shape index (κ3) is 6.27. The number of aromatic nitrogens is 2. The number of thioether (sulfide) groups is 1. The summed E-state index contributed by atoms with van der Waals surface area (Å²) in [5.41, 5.74) is 0. The first kappa shape index (κ1) is 20.7. The van der Waals surface area contributed by atoms with Crippen LogP contribution in [-0.2, 0) is 4.79 Å². The van der Waals surface area contributed by atoms with Crippen LogP contribution in [0.25, 0.3) is 0 Å². The van der Waals surface area contributed by atoms with Crippen LogP contribution in [0.4, 0.5) is 5.82 Å². The van der Waals surface area contributed by atoms with Crippen molar-refractivity contribution in [2.75, 3.05) is 43.6 Å². The topological polar surface area (TPSA) is 59.4 Å². The summed E-state index contributed by atoms with van der Waals surface area (Å²) in [5, 5.41) is 7.46. The molecule has 1 saturated heterocycles. The van der Waals surface area contributed by atoms with Gasteiger partial charge in [-0.15, -0.1) is 0 Å². The lowest BCUT2D eigenvalue weighted by Crippen LogP contribution is -2.36. The van der Waals surface area contributed by atoms with Gasteiger partial charge in [-0.2, -0.15) is 16.9 Å². The normalized spacial score (nSPS) is 15.5. The Balaban J connectivity index is 1.43. The van der Waals surface area contributed by atoms with E-state index < -0.39 is 0 Å². The zero-order valence-corrected chi connectivity index (χ0v) is 17.4. The third-order valence-corrected chi connectivity index (χ3v) is 5.70. The van der Waals surface area contributed by atoms with Crippen molar-refractivity contribution in [3.05, 3.63) is 42.6 Å². The predicted molar refractivity (Wildman–Crippen MR) is 115 cm³/mol. The van der Waals surface area contributed by atoms with Gasteiger partial charge in [-0.3, -0.25) is 4.79 Å². The molecule has 1 aliphatic heterocycles. The maximum atomic E-state index is 12.3. The number of nitrogens with one attached hydrogen (secondary N) is 1. The van der Waals surface area contributed by atoms with Crippen LogP contribution in [0, 0.1) is 0 Å². The van der Waals surface area contributed by atoms with E-state index in [9.17, 15) is 4.79 Å². The fourth-order valence-corrected chi connectivity index (χ4v) is 3.93. The monoisotopic (exact) mass is 402 g/mol. The first-order valence-electron chi connectivity index (χ1n) is 9.99. The van der Waals surface area contributed by atoms with Gasteiger partial charge in [0.15, 0.2) is 0 Å². The Kier molecular flexibility index (Phi) is 8.23. The summed E-state index contributed by atoms with van der Waals surface area (Å²) in [7, 11) is 0. The number of hydrogen-bond donors (Lipinski definition) is 1. The molecular weight excluding hydrogens is 372 g/mol. The lowest BCUT2D eigenvalue weighted by atomic mass is 10.1. The molecule has 0 radical (unpaired) electrons. The van der Waals surface area contributed by atoms with Gasteiger partial charge >= 0.3 is 0 Å². The number of anilines is 1. The van der Waals surface area contributed by atoms with E-state index in [2.05, 4.69) is 21.6 Å². The molecule has 1 amide bonds. The number of nitrogens with zero attached hydrogens (tertiary/aromatic N) is 3. The lowest BCUT2D eigenvalue weighted by Gasteiger charge is -2.32. The second-order valence-electron chi connectivity index (χ2n) is 7.04. The molecule has 0 atom stereocenters. The SMILES string of the molecule is CSCCCN1CCC(n2nccc2NC(=O)CCOc2ccccc2)CC1. The lowest BCUT2D eigenvalue weighted by molar-refractivity contribution is -0.116. The van der Waals surface area contributed by atoms with Crippen molar-refractivity contribution in [1.82, 2.24) is 14.7 Å². The highest BCUT2D eigenvalue weighted by molar-refractivity contribution is 7.98. The molecule has 0 spiro atoms. The number of hydrogen-bond acceptors (Lipinski definition) is 5. The van der Waals surface area contributed by atoms with E-state index in [1.807, 2.05) is 52.8 Å². The zero-order valence-electron chi connectivity index (χ0n) is 16.5.